The largest absolute Gasteiger partial charge is 0.497 e. The van der Waals surface area contributed by atoms with Gasteiger partial charge in [-0.2, -0.15) is 0 Å². The van der Waals surface area contributed by atoms with Gasteiger partial charge in [0.2, 0.25) is 10.0 Å². The number of amides is 3. The second kappa shape index (κ2) is 11.4. The number of carbonyl (C=O) groups excluding carboxylic acids is 2. The molecule has 0 radical (unpaired) electrons. The summed E-state index contributed by atoms with van der Waals surface area (Å²) in [5.74, 6) is 0.655. The summed E-state index contributed by atoms with van der Waals surface area (Å²) in [6.45, 7) is 1.73. The number of hydrogen-bond acceptors (Lipinski definition) is 6. The molecular formula is C28H31N5O5S. The van der Waals surface area contributed by atoms with Crippen LogP contribution in [0.5, 0.6) is 0 Å². The van der Waals surface area contributed by atoms with E-state index in [1.165, 1.54) is 6.07 Å². The van der Waals surface area contributed by atoms with Crippen molar-refractivity contribution in [2.24, 2.45) is 0 Å². The lowest BCUT2D eigenvalue weighted by Gasteiger charge is -2.36. The number of aromatic nitrogens is 1. The fourth-order valence-electron chi connectivity index (χ4n) is 4.83. The molecule has 1 fully saturated rings. The second-order valence-corrected chi connectivity index (χ2v) is 11.2. The summed E-state index contributed by atoms with van der Waals surface area (Å²) < 4.78 is 34.1. The summed E-state index contributed by atoms with van der Waals surface area (Å²) >= 11 is 0. The van der Waals surface area contributed by atoms with Crippen LogP contribution in [0.15, 0.2) is 89.2 Å². The Morgan fingerprint density at radius 3 is 2.36 bits per heavy atom. The van der Waals surface area contributed by atoms with E-state index in [-0.39, 0.29) is 22.9 Å². The van der Waals surface area contributed by atoms with E-state index in [1.54, 1.807) is 53.5 Å². The number of urea groups is 1. The van der Waals surface area contributed by atoms with Crippen LogP contribution in [0.4, 0.5) is 4.79 Å². The number of pyridine rings is 1. The van der Waals surface area contributed by atoms with Gasteiger partial charge in [-0.15, -0.1) is 0 Å². The van der Waals surface area contributed by atoms with Crippen molar-refractivity contribution in [3.63, 3.8) is 0 Å². The topological polar surface area (TPSA) is 121 Å². The molecule has 3 aliphatic rings. The van der Waals surface area contributed by atoms with E-state index >= 15 is 0 Å². The number of nitrogens with one attached hydrogen (secondary N) is 2. The number of hydrogen-bond donors (Lipinski definition) is 2. The number of allylic oxidation sites excluding steroid dienone is 1. The molecule has 39 heavy (non-hydrogen) atoms. The molecule has 0 bridgehead atoms. The first-order chi connectivity index (χ1) is 18.8. The number of nitrogens with zero attached hydrogens (tertiary/aromatic N) is 3. The van der Waals surface area contributed by atoms with Crippen LogP contribution in [-0.2, 0) is 19.6 Å². The Hall–Kier alpha value is -3.96. The minimum atomic E-state index is -3.82. The van der Waals surface area contributed by atoms with Gasteiger partial charge in [0, 0.05) is 49.4 Å². The van der Waals surface area contributed by atoms with Crippen LogP contribution in [0, 0.1) is 0 Å². The fourth-order valence-corrected chi connectivity index (χ4v) is 6.21. The molecule has 0 spiro atoms. The summed E-state index contributed by atoms with van der Waals surface area (Å²) in [4.78, 5) is 33.5. The van der Waals surface area contributed by atoms with Gasteiger partial charge in [0.1, 0.15) is 10.7 Å². The van der Waals surface area contributed by atoms with Crippen molar-refractivity contribution in [3.8, 4) is 0 Å². The second-order valence-electron chi connectivity index (χ2n) is 9.55. The van der Waals surface area contributed by atoms with E-state index in [2.05, 4.69) is 15.0 Å². The lowest BCUT2D eigenvalue weighted by Crippen LogP contribution is -2.54. The van der Waals surface area contributed by atoms with Crippen LogP contribution in [0.1, 0.15) is 12.8 Å². The molecule has 2 aliphatic carbocycles. The van der Waals surface area contributed by atoms with Gasteiger partial charge >= 0.3 is 6.03 Å². The van der Waals surface area contributed by atoms with Gasteiger partial charge < -0.3 is 19.9 Å². The van der Waals surface area contributed by atoms with Crippen molar-refractivity contribution in [1.82, 2.24) is 24.8 Å². The van der Waals surface area contributed by atoms with Crippen LogP contribution in [0.2, 0.25) is 0 Å². The van der Waals surface area contributed by atoms with Gasteiger partial charge in [-0.3, -0.25) is 9.78 Å². The highest BCUT2D eigenvalue weighted by Gasteiger charge is 2.28. The lowest BCUT2D eigenvalue weighted by molar-refractivity contribution is -0.128. The maximum absolute atomic E-state index is 13.1. The molecule has 1 aromatic carbocycles. The maximum Gasteiger partial charge on any atom is 0.317 e. The SMILES string of the molecule is COC1=CCC(NC(=O)N2CCN(C(=O)C3=CCC(NS(=O)(=O)c4cccc5cccnc45)C=C3)CC2)C=C1. The van der Waals surface area contributed by atoms with Gasteiger partial charge in [0.05, 0.1) is 18.7 Å². The zero-order valence-electron chi connectivity index (χ0n) is 21.6. The highest BCUT2D eigenvalue weighted by molar-refractivity contribution is 7.89. The van der Waals surface area contributed by atoms with Gasteiger partial charge in [0.25, 0.3) is 5.91 Å². The first-order valence-electron chi connectivity index (χ1n) is 12.9. The summed E-state index contributed by atoms with van der Waals surface area (Å²) in [6.07, 6.45) is 13.4. The van der Waals surface area contributed by atoms with Crippen molar-refractivity contribution in [2.45, 2.75) is 29.8 Å². The predicted molar refractivity (Wildman–Crippen MR) is 147 cm³/mol. The highest BCUT2D eigenvalue weighted by atomic mass is 32.2. The first-order valence-corrected chi connectivity index (χ1v) is 14.3. The molecule has 3 amide bonds. The third-order valence-corrected chi connectivity index (χ3v) is 8.52. The number of rotatable bonds is 6. The van der Waals surface area contributed by atoms with Crippen LogP contribution in [0.3, 0.4) is 0 Å². The molecule has 204 valence electrons. The summed E-state index contributed by atoms with van der Waals surface area (Å²) in [7, 11) is -2.21. The molecule has 2 aromatic rings. The number of sulfonamides is 1. The normalized spacial score (nSPS) is 21.4. The summed E-state index contributed by atoms with van der Waals surface area (Å²) in [5, 5.41) is 3.74. The zero-order chi connectivity index (χ0) is 27.4. The third kappa shape index (κ3) is 6.04. The van der Waals surface area contributed by atoms with E-state index in [0.29, 0.717) is 50.1 Å². The Morgan fingerprint density at radius 1 is 0.949 bits per heavy atom. The number of para-hydroxylation sites is 1. The lowest BCUT2D eigenvalue weighted by atomic mass is 10.0. The standard InChI is InChI=1S/C28H31N5O5S/c1-38-24-13-11-22(12-14-24)30-28(35)33-18-16-32(17-19-33)27(34)21-7-9-23(10-8-21)31-39(36,37)25-6-2-4-20-5-3-15-29-26(20)25/h2-9,11,13-15,22-23,31H,10,12,16-19H2,1H3,(H,30,35). The molecule has 2 unspecified atom stereocenters. The molecule has 2 atom stereocenters. The average molecular weight is 550 g/mol. The number of fused-ring (bicyclic) bond motifs is 1. The van der Waals surface area contributed by atoms with Gasteiger partial charge in [0.15, 0.2) is 0 Å². The van der Waals surface area contributed by atoms with Crippen LogP contribution < -0.4 is 10.0 Å². The fraction of sp³-hybridized carbons (Fsp3) is 0.321. The number of benzene rings is 1. The van der Waals surface area contributed by atoms with Crippen molar-refractivity contribution in [2.75, 3.05) is 33.3 Å². The number of methoxy groups -OCH3 is 1. The summed E-state index contributed by atoms with van der Waals surface area (Å²) in [6, 6.07) is 7.91. The smallest absolute Gasteiger partial charge is 0.317 e. The number of ether oxygens (including phenoxy) is 1. The average Bonchev–Trinajstić information content (AvgIpc) is 2.97. The van der Waals surface area contributed by atoms with E-state index in [9.17, 15) is 18.0 Å². The Labute approximate surface area is 227 Å². The van der Waals surface area contributed by atoms with Crippen LogP contribution in [-0.4, -0.2) is 80.5 Å². The van der Waals surface area contributed by atoms with E-state index in [4.69, 9.17) is 4.74 Å². The minimum Gasteiger partial charge on any atom is -0.497 e. The number of piperazine rings is 1. The Morgan fingerprint density at radius 2 is 1.67 bits per heavy atom. The maximum atomic E-state index is 13.1. The Kier molecular flexibility index (Phi) is 7.80. The molecule has 1 saturated heterocycles. The van der Waals surface area contributed by atoms with Crippen molar-refractivity contribution < 1.29 is 22.7 Å². The Balaban J connectivity index is 1.12. The third-order valence-electron chi connectivity index (χ3n) is 7.00. The molecular weight excluding hydrogens is 518 g/mol. The van der Waals surface area contributed by atoms with Crippen molar-refractivity contribution in [1.29, 1.82) is 0 Å². The van der Waals surface area contributed by atoms with Crippen molar-refractivity contribution >= 4 is 32.9 Å². The van der Waals surface area contributed by atoms with Crippen LogP contribution in [0.25, 0.3) is 10.9 Å². The van der Waals surface area contributed by atoms with Gasteiger partial charge in [-0.1, -0.05) is 42.5 Å². The van der Waals surface area contributed by atoms with E-state index < -0.39 is 16.1 Å². The molecule has 1 aliphatic heterocycles. The van der Waals surface area contributed by atoms with Crippen LogP contribution >= 0.6 is 0 Å². The molecule has 2 heterocycles. The van der Waals surface area contributed by atoms with E-state index in [1.807, 2.05) is 30.4 Å². The molecule has 11 heteroatoms. The Bertz CT molecular complexity index is 1480. The van der Waals surface area contributed by atoms with Gasteiger partial charge in [-0.05, 0) is 37.1 Å². The summed E-state index contributed by atoms with van der Waals surface area (Å²) in [5.41, 5.74) is 0.932. The first kappa shape index (κ1) is 26.6. The molecule has 10 nitrogen and oxygen atoms in total. The minimum absolute atomic E-state index is 0.0872. The quantitative estimate of drug-likeness (QED) is 0.571. The van der Waals surface area contributed by atoms with E-state index in [0.717, 1.165) is 11.1 Å². The molecule has 5 rings (SSSR count). The monoisotopic (exact) mass is 549 g/mol. The molecule has 0 saturated carbocycles. The number of carbonyl (C=O) groups is 2. The van der Waals surface area contributed by atoms with Crippen molar-refractivity contribution in [3.05, 3.63) is 84.3 Å². The highest BCUT2D eigenvalue weighted by Crippen LogP contribution is 2.22. The van der Waals surface area contributed by atoms with Gasteiger partial charge in [-0.25, -0.2) is 17.9 Å². The predicted octanol–water partition coefficient (Wildman–Crippen LogP) is 2.48. The molecule has 2 N–H and O–H groups in total. The zero-order valence-corrected chi connectivity index (χ0v) is 22.4. The molecule has 1 aromatic heterocycles.